The van der Waals surface area contributed by atoms with E-state index in [2.05, 4.69) is 178 Å². The third-order valence-electron chi connectivity index (χ3n) is 12.8. The molecule has 1 aromatic heterocycles. The number of carbonyl (C=O) groups excluding carboxylic acids is 1. The fraction of sp³-hybridized carbons (Fsp3) is 0.111. The Kier molecular flexibility index (Phi) is 12.5. The molecular weight excluding hydrogens is 859 g/mol. The zero-order chi connectivity index (χ0) is 48.3. The molecular formula is C63H51N5O2. The number of nitrogens with zero attached hydrogens (tertiary/aromatic N) is 5. The van der Waals surface area contributed by atoms with E-state index in [-0.39, 0.29) is 17.4 Å². The van der Waals surface area contributed by atoms with Crippen LogP contribution in [0, 0.1) is 18.3 Å². The lowest BCUT2D eigenvalue weighted by atomic mass is 9.91. The topological polar surface area (TPSA) is 82.4 Å². The van der Waals surface area contributed by atoms with E-state index in [0.29, 0.717) is 23.2 Å². The molecule has 0 radical (unpaired) electrons. The highest BCUT2D eigenvalue weighted by molar-refractivity contribution is 6.03. The maximum atomic E-state index is 13.9. The molecule has 0 unspecified atom stereocenters. The average Bonchev–Trinajstić information content (AvgIpc) is 3.70. The number of aryl methyl sites for hydroxylation is 1. The minimum atomic E-state index is -0.764. The molecule has 0 aliphatic carbocycles. The molecule has 0 atom stereocenters. The van der Waals surface area contributed by atoms with Crippen LogP contribution < -0.4 is 14.5 Å². The summed E-state index contributed by atoms with van der Waals surface area (Å²) < 4.78 is 5.76. The normalized spacial score (nSPS) is 13.0. The predicted molar refractivity (Wildman–Crippen MR) is 285 cm³/mol. The number of anilines is 4. The molecule has 0 fully saturated rings. The Bertz CT molecular complexity index is 3350. The Morgan fingerprint density at radius 1 is 0.529 bits per heavy atom. The fourth-order valence-electron chi connectivity index (χ4n) is 9.32. The molecule has 0 spiro atoms. The molecule has 2 heterocycles. The minimum Gasteiger partial charge on any atom is -0.422 e. The lowest BCUT2D eigenvalue weighted by molar-refractivity contribution is -0.129. The van der Waals surface area contributed by atoms with Gasteiger partial charge in [0, 0.05) is 11.1 Å². The summed E-state index contributed by atoms with van der Waals surface area (Å²) in [5.41, 5.74) is 14.8. The van der Waals surface area contributed by atoms with Crippen LogP contribution in [-0.2, 0) is 4.79 Å². The number of para-hydroxylation sites is 4. The summed E-state index contributed by atoms with van der Waals surface area (Å²) in [6.07, 6.45) is 3.42. The van der Waals surface area contributed by atoms with Gasteiger partial charge in [0.2, 0.25) is 0 Å². The Hall–Kier alpha value is -8.86. The van der Waals surface area contributed by atoms with Gasteiger partial charge in [0.05, 0.1) is 22.4 Å². The zero-order valence-corrected chi connectivity index (χ0v) is 39.8. The van der Waals surface area contributed by atoms with Gasteiger partial charge in [-0.1, -0.05) is 185 Å². The fourth-order valence-corrected chi connectivity index (χ4v) is 9.32. The molecule has 1 aliphatic heterocycles. The number of rotatable bonds is 11. The quantitative estimate of drug-likeness (QED) is 0.0553. The van der Waals surface area contributed by atoms with Crippen molar-refractivity contribution in [1.29, 1.82) is 5.26 Å². The van der Waals surface area contributed by atoms with E-state index in [0.717, 1.165) is 83.6 Å². The van der Waals surface area contributed by atoms with Crippen molar-refractivity contribution in [3.05, 3.63) is 234 Å². The van der Waals surface area contributed by atoms with Gasteiger partial charge in [0.15, 0.2) is 11.6 Å². The molecule has 70 heavy (non-hydrogen) atoms. The van der Waals surface area contributed by atoms with Gasteiger partial charge in [-0.15, -0.1) is 0 Å². The van der Waals surface area contributed by atoms with Crippen LogP contribution >= 0.6 is 0 Å². The van der Waals surface area contributed by atoms with Crippen molar-refractivity contribution in [2.45, 2.75) is 46.5 Å². The lowest BCUT2D eigenvalue weighted by Crippen LogP contribution is -2.25. The average molecular weight is 910 g/mol. The van der Waals surface area contributed by atoms with Crippen molar-refractivity contribution >= 4 is 40.0 Å². The van der Waals surface area contributed by atoms with E-state index >= 15 is 0 Å². The van der Waals surface area contributed by atoms with Crippen LogP contribution in [-0.4, -0.2) is 15.9 Å². The molecule has 7 nitrogen and oxygen atoms in total. The van der Waals surface area contributed by atoms with Gasteiger partial charge in [-0.2, -0.15) is 5.26 Å². The van der Waals surface area contributed by atoms with Crippen molar-refractivity contribution in [2.24, 2.45) is 0 Å². The lowest BCUT2D eigenvalue weighted by Gasteiger charge is -2.32. The van der Waals surface area contributed by atoms with Gasteiger partial charge >= 0.3 is 5.97 Å². The summed E-state index contributed by atoms with van der Waals surface area (Å²) in [5.74, 6) is 1.66. The maximum Gasteiger partial charge on any atom is 0.354 e. The van der Waals surface area contributed by atoms with Gasteiger partial charge < -0.3 is 4.74 Å². The van der Waals surface area contributed by atoms with E-state index in [4.69, 9.17) is 14.7 Å². The zero-order valence-electron chi connectivity index (χ0n) is 39.8. The smallest absolute Gasteiger partial charge is 0.354 e. The third-order valence-corrected chi connectivity index (χ3v) is 12.8. The van der Waals surface area contributed by atoms with Crippen LogP contribution in [0.4, 0.5) is 23.0 Å². The van der Waals surface area contributed by atoms with E-state index < -0.39 is 5.97 Å². The first-order valence-corrected chi connectivity index (χ1v) is 23.7. The molecule has 8 aromatic carbocycles. The van der Waals surface area contributed by atoms with E-state index in [9.17, 15) is 10.1 Å². The number of ether oxygens (including phenoxy) is 1. The van der Waals surface area contributed by atoms with Crippen LogP contribution in [0.3, 0.4) is 0 Å². The molecule has 9 aromatic rings. The highest BCUT2D eigenvalue weighted by atomic mass is 16.5. The number of esters is 1. The Labute approximate surface area is 409 Å². The number of hydrogen-bond donors (Lipinski definition) is 0. The van der Waals surface area contributed by atoms with Crippen molar-refractivity contribution in [3.8, 4) is 56.3 Å². The first kappa shape index (κ1) is 44.9. The van der Waals surface area contributed by atoms with Gasteiger partial charge in [-0.05, 0) is 117 Å². The largest absolute Gasteiger partial charge is 0.422 e. The number of aromatic nitrogens is 2. The molecule has 0 saturated carbocycles. The first-order chi connectivity index (χ1) is 34.2. The minimum absolute atomic E-state index is 0.115. The highest BCUT2D eigenvalue weighted by Gasteiger charge is 2.41. The number of carbonyl (C=O) groups is 1. The van der Waals surface area contributed by atoms with Gasteiger partial charge in [0.25, 0.3) is 0 Å². The summed E-state index contributed by atoms with van der Waals surface area (Å²) in [4.78, 5) is 29.3. The summed E-state index contributed by atoms with van der Waals surface area (Å²) in [6.45, 7) is 10.9. The molecule has 1 aliphatic rings. The SMILES string of the molecule is Cc1cc(-c2ccc(-c3ccccc3)cc2)c(N2/C(=C/C=C(\C#N)C(=O)Oc3ccccc3)N(c3c(C(C)C)cccc3C(C)C)c3nc4ccccc4nc32)c(-c2ccc(-c3ccccc3)cc2)c1. The van der Waals surface area contributed by atoms with E-state index in [1.807, 2.05) is 48.5 Å². The second-order valence-corrected chi connectivity index (χ2v) is 18.1. The molecule has 0 amide bonds. The number of allylic oxidation sites excluding steroid dienone is 2. The van der Waals surface area contributed by atoms with E-state index in [1.54, 1.807) is 30.3 Å². The van der Waals surface area contributed by atoms with Crippen LogP contribution in [0.5, 0.6) is 5.75 Å². The molecule has 340 valence electrons. The number of hydrogen-bond acceptors (Lipinski definition) is 7. The molecule has 0 bridgehead atoms. The Morgan fingerprint density at radius 2 is 0.943 bits per heavy atom. The van der Waals surface area contributed by atoms with Crippen LogP contribution in [0.1, 0.15) is 56.2 Å². The maximum absolute atomic E-state index is 13.9. The summed E-state index contributed by atoms with van der Waals surface area (Å²) in [7, 11) is 0. The monoisotopic (exact) mass is 909 g/mol. The number of nitriles is 1. The van der Waals surface area contributed by atoms with Crippen LogP contribution in [0.25, 0.3) is 55.5 Å². The summed E-state index contributed by atoms with van der Waals surface area (Å²) in [5, 5.41) is 10.7. The standard InChI is InChI=1S/C63H51N5O2/c1-41(2)52-24-17-25-53(42(3)4)59(52)67-58(37-36-50(40-64)63(69)70-51-22-13-8-14-23-51)68(62-61(67)65-56-26-15-16-27-57(56)66-62)60-54(48-32-28-46(29-33-48)44-18-9-6-10-19-44)38-43(5)39-55(60)49-34-30-47(31-35-49)45-20-11-7-12-21-45/h6-39,41-42H,1-5H3/b50-36+,58-37+. The molecule has 0 N–H and O–H groups in total. The number of benzene rings is 8. The van der Waals surface area contributed by atoms with E-state index in [1.165, 1.54) is 0 Å². The summed E-state index contributed by atoms with van der Waals surface area (Å²) >= 11 is 0. The van der Waals surface area contributed by atoms with Crippen molar-refractivity contribution in [1.82, 2.24) is 9.97 Å². The Balaban J connectivity index is 1.30. The van der Waals surface area contributed by atoms with Crippen LogP contribution in [0.2, 0.25) is 0 Å². The predicted octanol–water partition coefficient (Wildman–Crippen LogP) is 16.0. The molecule has 10 rings (SSSR count). The van der Waals surface area contributed by atoms with Crippen LogP contribution in [0.15, 0.2) is 218 Å². The molecule has 7 heteroatoms. The molecule has 0 saturated heterocycles. The third kappa shape index (κ3) is 8.75. The van der Waals surface area contributed by atoms with Gasteiger partial charge in [0.1, 0.15) is 23.2 Å². The van der Waals surface area contributed by atoms with Gasteiger partial charge in [-0.25, -0.2) is 14.8 Å². The first-order valence-electron chi connectivity index (χ1n) is 23.7. The second kappa shape index (κ2) is 19.4. The van der Waals surface area contributed by atoms with Crippen molar-refractivity contribution in [2.75, 3.05) is 9.80 Å². The number of fused-ring (bicyclic) bond motifs is 2. The summed E-state index contributed by atoms with van der Waals surface area (Å²) in [6, 6.07) is 68.1. The highest BCUT2D eigenvalue weighted by Crippen LogP contribution is 2.55. The van der Waals surface area contributed by atoms with Crippen molar-refractivity contribution in [3.63, 3.8) is 0 Å². The Morgan fingerprint density at radius 3 is 1.40 bits per heavy atom. The van der Waals surface area contributed by atoms with Crippen molar-refractivity contribution < 1.29 is 9.53 Å². The second-order valence-electron chi connectivity index (χ2n) is 18.1. The van der Waals surface area contributed by atoms with Gasteiger partial charge in [-0.3, -0.25) is 9.80 Å².